The van der Waals surface area contributed by atoms with Crippen molar-refractivity contribution in [1.82, 2.24) is 0 Å². The van der Waals surface area contributed by atoms with Gasteiger partial charge in [-0.05, 0) is 31.6 Å². The molecule has 3 nitrogen and oxygen atoms in total. The van der Waals surface area contributed by atoms with Gasteiger partial charge < -0.3 is 4.74 Å². The van der Waals surface area contributed by atoms with E-state index in [9.17, 15) is 8.42 Å². The highest BCUT2D eigenvalue weighted by Crippen LogP contribution is 2.24. The first-order valence-corrected chi connectivity index (χ1v) is 7.49. The summed E-state index contributed by atoms with van der Waals surface area (Å²) in [5.74, 6) is 0.432. The van der Waals surface area contributed by atoms with Crippen molar-refractivity contribution in [2.45, 2.75) is 38.7 Å². The number of hydrogen-bond donors (Lipinski definition) is 0. The summed E-state index contributed by atoms with van der Waals surface area (Å²) in [7, 11) is 1.80. The van der Waals surface area contributed by atoms with Crippen LogP contribution in [0.1, 0.15) is 32.6 Å². The van der Waals surface area contributed by atoms with Gasteiger partial charge >= 0.3 is 0 Å². The van der Waals surface area contributed by atoms with E-state index < -0.39 is 9.05 Å². The Morgan fingerprint density at radius 3 is 2.57 bits per heavy atom. The van der Waals surface area contributed by atoms with E-state index in [2.05, 4.69) is 0 Å². The van der Waals surface area contributed by atoms with Crippen LogP contribution >= 0.6 is 10.7 Å². The van der Waals surface area contributed by atoms with Crippen LogP contribution in [0.5, 0.6) is 0 Å². The second-order valence-electron chi connectivity index (χ2n) is 4.00. The Labute approximate surface area is 90.2 Å². The molecular weight excluding hydrogens is 224 g/mol. The highest BCUT2D eigenvalue weighted by Gasteiger charge is 2.21. The van der Waals surface area contributed by atoms with Crippen LogP contribution in [0, 0.1) is 5.92 Å². The fourth-order valence-corrected chi connectivity index (χ4v) is 2.11. The average molecular weight is 241 g/mol. The van der Waals surface area contributed by atoms with E-state index in [1.807, 2.05) is 6.92 Å². The van der Waals surface area contributed by atoms with Crippen LogP contribution in [-0.2, 0) is 13.8 Å². The lowest BCUT2D eigenvalue weighted by atomic mass is 10.1. The molecule has 14 heavy (non-hydrogen) atoms. The minimum atomic E-state index is -3.32. The van der Waals surface area contributed by atoms with Gasteiger partial charge in [0.2, 0.25) is 9.05 Å². The number of rotatable bonds is 7. The van der Waals surface area contributed by atoms with Crippen LogP contribution in [0.25, 0.3) is 0 Å². The van der Waals surface area contributed by atoms with Crippen molar-refractivity contribution >= 4 is 19.7 Å². The molecule has 0 aromatic heterocycles. The molecule has 84 valence electrons. The highest BCUT2D eigenvalue weighted by atomic mass is 35.7. The minimum absolute atomic E-state index is 0.0686. The molecule has 1 aliphatic carbocycles. The van der Waals surface area contributed by atoms with E-state index in [1.165, 1.54) is 12.8 Å². The molecule has 1 aliphatic rings. The Morgan fingerprint density at radius 1 is 1.43 bits per heavy atom. The summed E-state index contributed by atoms with van der Waals surface area (Å²) < 4.78 is 26.8. The van der Waals surface area contributed by atoms with Gasteiger partial charge in [-0.2, -0.15) is 0 Å². The molecule has 0 N–H and O–H groups in total. The van der Waals surface area contributed by atoms with E-state index in [0.29, 0.717) is 18.4 Å². The topological polar surface area (TPSA) is 43.4 Å². The molecule has 0 radical (unpaired) electrons. The van der Waals surface area contributed by atoms with Crippen molar-refractivity contribution in [3.63, 3.8) is 0 Å². The second-order valence-corrected chi connectivity index (χ2v) is 6.89. The number of ether oxygens (including phenoxy) is 1. The molecule has 5 heteroatoms. The molecular formula is C9H17ClO3S. The molecule has 0 heterocycles. The maximum Gasteiger partial charge on any atom is 0.232 e. The summed E-state index contributed by atoms with van der Waals surface area (Å²) in [5.41, 5.74) is 0. The van der Waals surface area contributed by atoms with Crippen LogP contribution in [0.15, 0.2) is 0 Å². The zero-order valence-electron chi connectivity index (χ0n) is 8.41. The van der Waals surface area contributed by atoms with Crippen LogP contribution in [-0.4, -0.2) is 26.9 Å². The Balaban J connectivity index is 1.99. The summed E-state index contributed by atoms with van der Waals surface area (Å²) in [6.45, 7) is 2.77. The van der Waals surface area contributed by atoms with Crippen molar-refractivity contribution in [2.75, 3.05) is 12.4 Å². The Bertz CT molecular complexity index is 259. The predicted molar refractivity (Wildman–Crippen MR) is 57.0 cm³/mol. The van der Waals surface area contributed by atoms with Gasteiger partial charge in [0.1, 0.15) is 0 Å². The van der Waals surface area contributed by atoms with E-state index in [4.69, 9.17) is 15.4 Å². The first-order valence-electron chi connectivity index (χ1n) is 5.01. The van der Waals surface area contributed by atoms with Gasteiger partial charge in [0.25, 0.3) is 0 Å². The van der Waals surface area contributed by atoms with Gasteiger partial charge in [0.05, 0.1) is 11.9 Å². The Morgan fingerprint density at radius 2 is 2.07 bits per heavy atom. The molecule has 1 fully saturated rings. The van der Waals surface area contributed by atoms with E-state index in [-0.39, 0.29) is 5.75 Å². The van der Waals surface area contributed by atoms with Gasteiger partial charge in [-0.3, -0.25) is 0 Å². The maximum atomic E-state index is 10.7. The summed E-state index contributed by atoms with van der Waals surface area (Å²) in [5, 5.41) is 0. The van der Waals surface area contributed by atoms with E-state index in [0.717, 1.165) is 13.0 Å². The van der Waals surface area contributed by atoms with Crippen molar-refractivity contribution in [3.05, 3.63) is 0 Å². The lowest BCUT2D eigenvalue weighted by Crippen LogP contribution is -2.07. The highest BCUT2D eigenvalue weighted by molar-refractivity contribution is 8.13. The van der Waals surface area contributed by atoms with Gasteiger partial charge in [0, 0.05) is 17.3 Å². The normalized spacial score (nSPS) is 19.6. The number of hydrogen-bond acceptors (Lipinski definition) is 3. The minimum Gasteiger partial charge on any atom is -0.378 e. The molecule has 1 atom stereocenters. The summed E-state index contributed by atoms with van der Waals surface area (Å²) in [6, 6.07) is 0. The fourth-order valence-electron chi connectivity index (χ4n) is 1.16. The van der Waals surface area contributed by atoms with Crippen molar-refractivity contribution in [1.29, 1.82) is 0 Å². The van der Waals surface area contributed by atoms with Crippen LogP contribution < -0.4 is 0 Å². The zero-order valence-corrected chi connectivity index (χ0v) is 9.98. The molecule has 0 aliphatic heterocycles. The smallest absolute Gasteiger partial charge is 0.232 e. The molecule has 1 rings (SSSR count). The molecule has 0 amide bonds. The van der Waals surface area contributed by atoms with Crippen LogP contribution in [0.2, 0.25) is 0 Å². The second kappa shape index (κ2) is 5.33. The third kappa shape index (κ3) is 6.62. The predicted octanol–water partition coefficient (Wildman–Crippen LogP) is 2.15. The lowest BCUT2D eigenvalue weighted by molar-refractivity contribution is 0.107. The van der Waals surface area contributed by atoms with E-state index in [1.54, 1.807) is 0 Å². The molecule has 1 unspecified atom stereocenters. The van der Waals surface area contributed by atoms with E-state index >= 15 is 0 Å². The number of halogens is 1. The average Bonchev–Trinajstić information content (AvgIpc) is 2.83. The quantitative estimate of drug-likeness (QED) is 0.641. The SMILES string of the molecule is CC(CCOC1CC1)CCS(=O)(=O)Cl. The fraction of sp³-hybridized carbons (Fsp3) is 1.00. The maximum absolute atomic E-state index is 10.7. The van der Waals surface area contributed by atoms with Gasteiger partial charge in [0.15, 0.2) is 0 Å². The molecule has 0 spiro atoms. The Hall–Kier alpha value is 0.200. The van der Waals surface area contributed by atoms with Crippen LogP contribution in [0.3, 0.4) is 0 Å². The van der Waals surface area contributed by atoms with Crippen molar-refractivity contribution < 1.29 is 13.2 Å². The molecule has 0 aromatic rings. The molecule has 0 bridgehead atoms. The summed E-state index contributed by atoms with van der Waals surface area (Å²) in [4.78, 5) is 0. The largest absolute Gasteiger partial charge is 0.378 e. The van der Waals surface area contributed by atoms with Gasteiger partial charge in [-0.1, -0.05) is 6.92 Å². The summed E-state index contributed by atoms with van der Waals surface area (Å²) >= 11 is 0. The van der Waals surface area contributed by atoms with Gasteiger partial charge in [-0.25, -0.2) is 8.42 Å². The third-order valence-corrected chi connectivity index (χ3v) is 3.53. The molecule has 1 saturated carbocycles. The summed E-state index contributed by atoms with van der Waals surface area (Å²) in [6.07, 6.45) is 4.40. The van der Waals surface area contributed by atoms with Crippen LogP contribution in [0.4, 0.5) is 0 Å². The first kappa shape index (κ1) is 12.3. The standard InChI is InChI=1S/C9H17ClO3S/c1-8(5-7-14(10,11)12)4-6-13-9-2-3-9/h8-9H,2-7H2,1H3. The third-order valence-electron chi connectivity index (χ3n) is 2.34. The monoisotopic (exact) mass is 240 g/mol. The lowest BCUT2D eigenvalue weighted by Gasteiger charge is -2.09. The van der Waals surface area contributed by atoms with Gasteiger partial charge in [-0.15, -0.1) is 0 Å². The first-order chi connectivity index (χ1) is 6.47. The zero-order chi connectivity index (χ0) is 10.6. The van der Waals surface area contributed by atoms with Crippen molar-refractivity contribution in [3.8, 4) is 0 Å². The van der Waals surface area contributed by atoms with Crippen molar-refractivity contribution in [2.24, 2.45) is 5.92 Å². The molecule has 0 aromatic carbocycles. The molecule has 0 saturated heterocycles. The Kier molecular flexibility index (Phi) is 4.67.